The van der Waals surface area contributed by atoms with Gasteiger partial charge in [-0.1, -0.05) is 33.6 Å². The molecule has 23 heavy (non-hydrogen) atoms. The highest BCUT2D eigenvalue weighted by Crippen LogP contribution is 2.27. The number of aromatic hydroxyl groups is 1. The molecule has 0 radical (unpaired) electrons. The molecule has 2 amide bonds. The van der Waals surface area contributed by atoms with E-state index in [4.69, 9.17) is 0 Å². The maximum absolute atomic E-state index is 12.5. The average molecular weight is 373 g/mol. The third-order valence-corrected chi connectivity index (χ3v) is 3.97. The van der Waals surface area contributed by atoms with Crippen molar-refractivity contribution in [3.05, 3.63) is 63.6 Å². The molecule has 2 aromatic carbocycles. The Morgan fingerprint density at radius 3 is 2.52 bits per heavy atom. The molecule has 0 aromatic heterocycles. The number of anilines is 1. The summed E-state index contributed by atoms with van der Waals surface area (Å²) in [6.07, 6.45) is 1.38. The van der Waals surface area contributed by atoms with Crippen LogP contribution in [0.25, 0.3) is 6.08 Å². The van der Waals surface area contributed by atoms with Gasteiger partial charge in [-0.15, -0.1) is 0 Å². The predicted molar refractivity (Wildman–Crippen MR) is 90.6 cm³/mol. The first-order valence-electron chi connectivity index (χ1n) is 6.88. The Morgan fingerprint density at radius 2 is 1.83 bits per heavy atom. The highest BCUT2D eigenvalue weighted by Gasteiger charge is 2.34. The number of carbonyl (C=O) groups is 2. The number of benzene rings is 2. The summed E-state index contributed by atoms with van der Waals surface area (Å²) in [5.41, 5.74) is 4.53. The molecule has 116 valence electrons. The quantitative estimate of drug-likeness (QED) is 0.628. The van der Waals surface area contributed by atoms with Crippen LogP contribution >= 0.6 is 15.9 Å². The van der Waals surface area contributed by atoms with Gasteiger partial charge >= 0.3 is 0 Å². The van der Waals surface area contributed by atoms with Gasteiger partial charge < -0.3 is 5.11 Å². The van der Waals surface area contributed by atoms with Crippen LogP contribution in [0.3, 0.4) is 0 Å². The number of rotatable bonds is 2. The molecule has 1 saturated heterocycles. The molecule has 1 heterocycles. The van der Waals surface area contributed by atoms with Crippen molar-refractivity contribution in [2.75, 3.05) is 5.01 Å². The average Bonchev–Trinajstić information content (AvgIpc) is 2.80. The molecule has 6 heteroatoms. The molecule has 1 fully saturated rings. The second kappa shape index (κ2) is 5.89. The molecule has 0 atom stereocenters. The minimum absolute atomic E-state index is 0.00455. The molecule has 0 unspecified atom stereocenters. The molecule has 2 aromatic rings. The number of phenolic OH excluding ortho intramolecular Hbond substituents is 1. The maximum atomic E-state index is 12.5. The van der Waals surface area contributed by atoms with Crippen LogP contribution in [0.5, 0.6) is 5.75 Å². The van der Waals surface area contributed by atoms with Gasteiger partial charge in [0.1, 0.15) is 11.3 Å². The van der Waals surface area contributed by atoms with Crippen molar-refractivity contribution >= 4 is 39.5 Å². The number of amides is 2. The van der Waals surface area contributed by atoms with Gasteiger partial charge in [0, 0.05) is 10.0 Å². The molecular weight excluding hydrogens is 360 g/mol. The number of carbonyl (C=O) groups excluding carboxylic acids is 2. The standard InChI is InChI=1S/C17H13BrN2O3/c1-10-2-5-13(6-3-10)20-17(23)14(16(22)19-20)9-11-8-12(18)4-7-15(11)21/h2-9,21H,1H3,(H,19,22)/b14-9-. The lowest BCUT2D eigenvalue weighted by molar-refractivity contribution is -0.117. The van der Waals surface area contributed by atoms with Gasteiger partial charge in [0.25, 0.3) is 11.8 Å². The summed E-state index contributed by atoms with van der Waals surface area (Å²) < 4.78 is 0.739. The molecule has 3 rings (SSSR count). The Labute approximate surface area is 141 Å². The number of hydrogen-bond donors (Lipinski definition) is 2. The normalized spacial score (nSPS) is 16.1. The first-order chi connectivity index (χ1) is 11.0. The summed E-state index contributed by atoms with van der Waals surface area (Å²) in [6, 6.07) is 12.0. The van der Waals surface area contributed by atoms with E-state index in [2.05, 4.69) is 21.4 Å². The molecular formula is C17H13BrN2O3. The number of halogens is 1. The van der Waals surface area contributed by atoms with Crippen LogP contribution in [0.2, 0.25) is 0 Å². The summed E-state index contributed by atoms with van der Waals surface area (Å²) in [7, 11) is 0. The Hall–Kier alpha value is -2.60. The van der Waals surface area contributed by atoms with Gasteiger partial charge in [0.2, 0.25) is 0 Å². The smallest absolute Gasteiger partial charge is 0.282 e. The fourth-order valence-electron chi connectivity index (χ4n) is 2.23. The van der Waals surface area contributed by atoms with Crippen LogP contribution in [-0.4, -0.2) is 16.9 Å². The van der Waals surface area contributed by atoms with Crippen molar-refractivity contribution in [3.8, 4) is 5.75 Å². The summed E-state index contributed by atoms with van der Waals surface area (Å²) in [5, 5.41) is 11.1. The topological polar surface area (TPSA) is 69.6 Å². The van der Waals surface area contributed by atoms with E-state index >= 15 is 0 Å². The summed E-state index contributed by atoms with van der Waals surface area (Å²) in [5.74, 6) is -0.969. The fraction of sp³-hybridized carbons (Fsp3) is 0.0588. The van der Waals surface area contributed by atoms with E-state index in [-0.39, 0.29) is 11.3 Å². The fourth-order valence-corrected chi connectivity index (χ4v) is 2.61. The lowest BCUT2D eigenvalue weighted by Crippen LogP contribution is -2.35. The van der Waals surface area contributed by atoms with Crippen molar-refractivity contribution in [3.63, 3.8) is 0 Å². The van der Waals surface area contributed by atoms with E-state index in [0.717, 1.165) is 10.0 Å². The molecule has 1 aliphatic rings. The molecule has 5 nitrogen and oxygen atoms in total. The number of hydrazine groups is 1. The molecule has 2 N–H and O–H groups in total. The van der Waals surface area contributed by atoms with E-state index in [9.17, 15) is 14.7 Å². The lowest BCUT2D eigenvalue weighted by Gasteiger charge is -2.14. The summed E-state index contributed by atoms with van der Waals surface area (Å²) >= 11 is 3.29. The zero-order valence-electron chi connectivity index (χ0n) is 12.2. The van der Waals surface area contributed by atoms with Gasteiger partial charge in [0.05, 0.1) is 5.69 Å². The first kappa shape index (κ1) is 15.3. The van der Waals surface area contributed by atoms with Crippen molar-refractivity contribution in [1.29, 1.82) is 0 Å². The van der Waals surface area contributed by atoms with Crippen molar-refractivity contribution in [2.45, 2.75) is 6.92 Å². The number of hydrogen-bond acceptors (Lipinski definition) is 3. The minimum Gasteiger partial charge on any atom is -0.507 e. The van der Waals surface area contributed by atoms with Crippen LogP contribution in [0.1, 0.15) is 11.1 Å². The van der Waals surface area contributed by atoms with Crippen LogP contribution in [0, 0.1) is 6.92 Å². The van der Waals surface area contributed by atoms with Crippen molar-refractivity contribution < 1.29 is 14.7 Å². The van der Waals surface area contributed by atoms with Gasteiger partial charge in [-0.3, -0.25) is 15.0 Å². The maximum Gasteiger partial charge on any atom is 0.282 e. The third kappa shape index (κ3) is 2.98. The molecule has 1 aliphatic heterocycles. The first-order valence-corrected chi connectivity index (χ1v) is 7.67. The zero-order valence-corrected chi connectivity index (χ0v) is 13.8. The largest absolute Gasteiger partial charge is 0.507 e. The highest BCUT2D eigenvalue weighted by atomic mass is 79.9. The molecule has 0 spiro atoms. The lowest BCUT2D eigenvalue weighted by atomic mass is 10.1. The third-order valence-electron chi connectivity index (χ3n) is 3.47. The Kier molecular flexibility index (Phi) is 3.92. The van der Waals surface area contributed by atoms with E-state index in [1.807, 2.05) is 19.1 Å². The Morgan fingerprint density at radius 1 is 1.13 bits per heavy atom. The highest BCUT2D eigenvalue weighted by molar-refractivity contribution is 9.10. The second-order valence-corrected chi connectivity index (χ2v) is 6.09. The van der Waals surface area contributed by atoms with Crippen LogP contribution in [-0.2, 0) is 9.59 Å². The van der Waals surface area contributed by atoms with Gasteiger partial charge in [-0.2, -0.15) is 0 Å². The molecule has 0 bridgehead atoms. The van der Waals surface area contributed by atoms with E-state index in [0.29, 0.717) is 11.3 Å². The minimum atomic E-state index is -0.505. The zero-order chi connectivity index (χ0) is 16.6. The van der Waals surface area contributed by atoms with E-state index in [1.54, 1.807) is 24.3 Å². The SMILES string of the molecule is Cc1ccc(N2NC(=O)/C(=C/c3cc(Br)ccc3O)C2=O)cc1. The van der Waals surface area contributed by atoms with Gasteiger partial charge in [-0.05, 0) is 43.3 Å². The number of phenols is 1. The Balaban J connectivity index is 1.97. The van der Waals surface area contributed by atoms with Crippen LogP contribution in [0.15, 0.2) is 52.5 Å². The van der Waals surface area contributed by atoms with Gasteiger partial charge in [-0.25, -0.2) is 5.01 Å². The van der Waals surface area contributed by atoms with Gasteiger partial charge in [0.15, 0.2) is 0 Å². The number of aryl methyl sites for hydroxylation is 1. The van der Waals surface area contributed by atoms with Crippen LogP contribution in [0.4, 0.5) is 5.69 Å². The van der Waals surface area contributed by atoms with Crippen molar-refractivity contribution in [2.24, 2.45) is 0 Å². The number of nitrogens with one attached hydrogen (secondary N) is 1. The van der Waals surface area contributed by atoms with Crippen LogP contribution < -0.4 is 10.4 Å². The molecule has 0 saturated carbocycles. The summed E-state index contributed by atoms with van der Waals surface area (Å²) in [4.78, 5) is 24.6. The number of nitrogens with zero attached hydrogens (tertiary/aromatic N) is 1. The van der Waals surface area contributed by atoms with E-state index < -0.39 is 11.8 Å². The predicted octanol–water partition coefficient (Wildman–Crippen LogP) is 2.92. The second-order valence-electron chi connectivity index (χ2n) is 5.18. The monoisotopic (exact) mass is 372 g/mol. The molecule has 0 aliphatic carbocycles. The summed E-state index contributed by atoms with van der Waals surface area (Å²) in [6.45, 7) is 1.94. The van der Waals surface area contributed by atoms with E-state index in [1.165, 1.54) is 17.2 Å². The van der Waals surface area contributed by atoms with Crippen molar-refractivity contribution in [1.82, 2.24) is 5.43 Å². The Bertz CT molecular complexity index is 828.